The summed E-state index contributed by atoms with van der Waals surface area (Å²) in [6, 6.07) is 0. The zero-order valence-corrected chi connectivity index (χ0v) is 8.23. The van der Waals surface area contributed by atoms with Crippen LogP contribution in [0.4, 0.5) is 23.5 Å². The molecule has 0 aliphatic heterocycles. The first kappa shape index (κ1) is 12.0. The van der Waals surface area contributed by atoms with Gasteiger partial charge in [-0.05, 0) is 6.26 Å². The van der Waals surface area contributed by atoms with Gasteiger partial charge in [0.1, 0.15) is 0 Å². The minimum atomic E-state index is -4.42. The summed E-state index contributed by atoms with van der Waals surface area (Å²) in [5.41, 5.74) is 5.08. The lowest BCUT2D eigenvalue weighted by atomic mass is 10.3. The van der Waals surface area contributed by atoms with Gasteiger partial charge in [0.15, 0.2) is 5.16 Å². The fraction of sp³-hybridized carbons (Fsp3) is 0.500. The van der Waals surface area contributed by atoms with Gasteiger partial charge in [0.2, 0.25) is 11.8 Å². The largest absolute Gasteiger partial charge is 0.368 e. The Morgan fingerprint density at radius 2 is 1.87 bits per heavy atom. The molecule has 0 spiro atoms. The van der Waals surface area contributed by atoms with Crippen LogP contribution < -0.4 is 5.73 Å². The number of nitrogens with zero attached hydrogens (tertiary/aromatic N) is 3. The van der Waals surface area contributed by atoms with Crippen molar-refractivity contribution in [3.05, 3.63) is 5.82 Å². The van der Waals surface area contributed by atoms with E-state index in [0.29, 0.717) is 0 Å². The van der Waals surface area contributed by atoms with Crippen LogP contribution in [0.15, 0.2) is 5.16 Å². The molecule has 0 unspecified atom stereocenters. The molecule has 4 nitrogen and oxygen atoms in total. The maximum Gasteiger partial charge on any atom is 0.365 e. The van der Waals surface area contributed by atoms with E-state index in [9.17, 15) is 17.6 Å². The third-order valence-corrected chi connectivity index (χ3v) is 1.93. The minimum absolute atomic E-state index is 0.127. The highest BCUT2D eigenvalue weighted by Gasteiger charge is 2.46. The third-order valence-electron chi connectivity index (χ3n) is 1.39. The highest BCUT2D eigenvalue weighted by molar-refractivity contribution is 7.98. The summed E-state index contributed by atoms with van der Waals surface area (Å²) in [5, 5.41) is -0.127. The molecule has 0 atom stereocenters. The monoisotopic (exact) mass is 242 g/mol. The van der Waals surface area contributed by atoms with E-state index in [1.807, 2.05) is 0 Å². The molecule has 0 saturated heterocycles. The third kappa shape index (κ3) is 2.46. The van der Waals surface area contributed by atoms with Crippen molar-refractivity contribution < 1.29 is 17.6 Å². The van der Waals surface area contributed by atoms with Gasteiger partial charge in [-0.2, -0.15) is 18.7 Å². The predicted octanol–water partition coefficient (Wildman–Crippen LogP) is 1.53. The standard InChI is InChI=1S/C6H6F4N4S/c1-15-5-13-3(12-4(11)14-5)6(9,10)2(7)8/h2H,1H3,(H2,11,12,13,14). The highest BCUT2D eigenvalue weighted by Crippen LogP contribution is 2.32. The lowest BCUT2D eigenvalue weighted by molar-refractivity contribution is -0.141. The molecule has 0 radical (unpaired) electrons. The molecule has 0 fully saturated rings. The van der Waals surface area contributed by atoms with Crippen LogP contribution in [-0.2, 0) is 5.92 Å². The van der Waals surface area contributed by atoms with Gasteiger partial charge < -0.3 is 5.73 Å². The molecule has 1 rings (SSSR count). The van der Waals surface area contributed by atoms with Crippen LogP contribution >= 0.6 is 11.8 Å². The van der Waals surface area contributed by atoms with Crippen LogP contribution in [0.25, 0.3) is 0 Å². The van der Waals surface area contributed by atoms with Crippen LogP contribution in [0.5, 0.6) is 0 Å². The smallest absolute Gasteiger partial charge is 0.365 e. The number of aromatic nitrogens is 3. The van der Waals surface area contributed by atoms with Gasteiger partial charge in [-0.25, -0.2) is 13.8 Å². The van der Waals surface area contributed by atoms with Crippen LogP contribution in [-0.4, -0.2) is 27.6 Å². The highest BCUT2D eigenvalue weighted by atomic mass is 32.2. The molecule has 2 N–H and O–H groups in total. The van der Waals surface area contributed by atoms with Crippen molar-refractivity contribution in [2.75, 3.05) is 12.0 Å². The Morgan fingerprint density at radius 1 is 1.27 bits per heavy atom. The van der Waals surface area contributed by atoms with E-state index in [0.717, 1.165) is 11.8 Å². The van der Waals surface area contributed by atoms with Crippen molar-refractivity contribution in [3.8, 4) is 0 Å². The fourth-order valence-electron chi connectivity index (χ4n) is 0.710. The molecule has 84 valence electrons. The molecule has 15 heavy (non-hydrogen) atoms. The Morgan fingerprint density at radius 3 is 2.33 bits per heavy atom. The first-order valence-electron chi connectivity index (χ1n) is 3.60. The first-order chi connectivity index (χ1) is 6.87. The van der Waals surface area contributed by atoms with Gasteiger partial charge in [0.05, 0.1) is 0 Å². The van der Waals surface area contributed by atoms with E-state index in [4.69, 9.17) is 5.73 Å². The number of nitrogen functional groups attached to an aromatic ring is 1. The Kier molecular flexibility index (Phi) is 3.32. The molecule has 1 aromatic heterocycles. The molecule has 0 bridgehead atoms. The number of halogens is 4. The van der Waals surface area contributed by atoms with Crippen molar-refractivity contribution in [2.45, 2.75) is 17.5 Å². The summed E-state index contributed by atoms with van der Waals surface area (Å²) in [5.74, 6) is -6.24. The number of hydrogen-bond acceptors (Lipinski definition) is 5. The summed E-state index contributed by atoms with van der Waals surface area (Å²) in [6.45, 7) is 0. The maximum atomic E-state index is 12.8. The molecule has 1 aromatic rings. The zero-order chi connectivity index (χ0) is 11.6. The predicted molar refractivity (Wildman–Crippen MR) is 45.9 cm³/mol. The molecule has 0 aliphatic carbocycles. The summed E-state index contributed by atoms with van der Waals surface area (Å²) in [4.78, 5) is 9.63. The van der Waals surface area contributed by atoms with E-state index in [-0.39, 0.29) is 5.16 Å². The summed E-state index contributed by atoms with van der Waals surface area (Å²) >= 11 is 0.905. The Hall–Kier alpha value is -1.12. The van der Waals surface area contributed by atoms with Crippen molar-refractivity contribution in [1.82, 2.24) is 15.0 Å². The number of hydrogen-bond donors (Lipinski definition) is 1. The summed E-state index contributed by atoms with van der Waals surface area (Å²) in [7, 11) is 0. The van der Waals surface area contributed by atoms with E-state index in [2.05, 4.69) is 15.0 Å². The van der Waals surface area contributed by atoms with E-state index < -0.39 is 24.1 Å². The maximum absolute atomic E-state index is 12.8. The summed E-state index contributed by atoms with van der Waals surface area (Å²) in [6.07, 6.45) is -2.38. The van der Waals surface area contributed by atoms with E-state index in [1.165, 1.54) is 6.26 Å². The Balaban J connectivity index is 3.19. The van der Waals surface area contributed by atoms with E-state index >= 15 is 0 Å². The van der Waals surface area contributed by atoms with Crippen LogP contribution in [0.3, 0.4) is 0 Å². The van der Waals surface area contributed by atoms with Crippen LogP contribution in [0, 0.1) is 0 Å². The SMILES string of the molecule is CSc1nc(N)nc(C(F)(F)C(F)F)n1. The molecule has 1 heterocycles. The lowest BCUT2D eigenvalue weighted by Gasteiger charge is -2.13. The molecular weight excluding hydrogens is 236 g/mol. The molecular formula is C6H6F4N4S. The van der Waals surface area contributed by atoms with Gasteiger partial charge in [0, 0.05) is 0 Å². The van der Waals surface area contributed by atoms with Crippen molar-refractivity contribution in [3.63, 3.8) is 0 Å². The number of anilines is 1. The molecule has 0 aliphatic rings. The number of rotatable bonds is 3. The Labute approximate surface area is 86.3 Å². The molecule has 0 saturated carbocycles. The Bertz CT molecular complexity index is 359. The van der Waals surface area contributed by atoms with Gasteiger partial charge in [0.25, 0.3) is 0 Å². The lowest BCUT2D eigenvalue weighted by Crippen LogP contribution is -2.27. The molecule has 0 amide bonds. The average Bonchev–Trinajstić information content (AvgIpc) is 2.16. The number of nitrogens with two attached hydrogens (primary N) is 1. The van der Waals surface area contributed by atoms with Crippen LogP contribution in [0.1, 0.15) is 5.82 Å². The quantitative estimate of drug-likeness (QED) is 0.643. The first-order valence-corrected chi connectivity index (χ1v) is 4.82. The number of thioether (sulfide) groups is 1. The number of alkyl halides is 4. The van der Waals surface area contributed by atoms with Gasteiger partial charge in [-0.1, -0.05) is 11.8 Å². The molecule has 9 heteroatoms. The fourth-order valence-corrected chi connectivity index (χ4v) is 1.07. The van der Waals surface area contributed by atoms with Gasteiger partial charge in [-0.3, -0.25) is 0 Å². The van der Waals surface area contributed by atoms with E-state index in [1.54, 1.807) is 0 Å². The second kappa shape index (κ2) is 4.17. The average molecular weight is 242 g/mol. The van der Waals surface area contributed by atoms with Gasteiger partial charge >= 0.3 is 12.3 Å². The van der Waals surface area contributed by atoms with Crippen molar-refractivity contribution in [2.24, 2.45) is 0 Å². The summed E-state index contributed by atoms with van der Waals surface area (Å²) < 4.78 is 49.5. The van der Waals surface area contributed by atoms with Gasteiger partial charge in [-0.15, -0.1) is 0 Å². The minimum Gasteiger partial charge on any atom is -0.368 e. The topological polar surface area (TPSA) is 64.7 Å². The van der Waals surface area contributed by atoms with Crippen molar-refractivity contribution in [1.29, 1.82) is 0 Å². The molecule has 0 aromatic carbocycles. The second-order valence-electron chi connectivity index (χ2n) is 2.43. The van der Waals surface area contributed by atoms with Crippen molar-refractivity contribution >= 4 is 17.7 Å². The second-order valence-corrected chi connectivity index (χ2v) is 3.20. The van der Waals surface area contributed by atoms with Crippen LogP contribution in [0.2, 0.25) is 0 Å². The zero-order valence-electron chi connectivity index (χ0n) is 7.42. The normalized spacial score (nSPS) is 12.1.